The predicted molar refractivity (Wildman–Crippen MR) is 97.2 cm³/mol. The summed E-state index contributed by atoms with van der Waals surface area (Å²) in [5, 5.41) is 4.12. The van der Waals surface area contributed by atoms with Gasteiger partial charge in [0.1, 0.15) is 11.2 Å². The summed E-state index contributed by atoms with van der Waals surface area (Å²) in [6.07, 6.45) is 2.27. The van der Waals surface area contributed by atoms with Crippen molar-refractivity contribution in [1.29, 1.82) is 0 Å². The van der Waals surface area contributed by atoms with Gasteiger partial charge >= 0.3 is 0 Å². The average molecular weight is 352 g/mol. The van der Waals surface area contributed by atoms with Crippen molar-refractivity contribution in [2.75, 3.05) is 5.32 Å². The van der Waals surface area contributed by atoms with Gasteiger partial charge < -0.3 is 14.7 Å². The van der Waals surface area contributed by atoms with Crippen molar-refractivity contribution >= 4 is 45.2 Å². The lowest BCUT2D eigenvalue weighted by atomic mass is 10.2. The number of amides is 1. The van der Waals surface area contributed by atoms with Crippen LogP contribution in [-0.4, -0.2) is 15.9 Å². The summed E-state index contributed by atoms with van der Waals surface area (Å²) in [5.41, 5.74) is 3.33. The van der Waals surface area contributed by atoms with Gasteiger partial charge in [-0.1, -0.05) is 29.8 Å². The molecule has 0 aliphatic heterocycles. The molecule has 25 heavy (non-hydrogen) atoms. The van der Waals surface area contributed by atoms with E-state index < -0.39 is 0 Å². The Kier molecular flexibility index (Phi) is 3.12. The molecule has 0 atom stereocenters. The van der Waals surface area contributed by atoms with Crippen molar-refractivity contribution < 1.29 is 9.21 Å². The SMILES string of the molecule is O=C(Nc1ccc2oc(C3CC3)nc2c1)c1[nH]c2ccccc2c1Cl. The Bertz CT molecular complexity index is 1120. The standard InChI is InChI=1S/C19H14ClN3O2/c20-16-12-3-1-2-4-13(12)22-17(16)18(24)21-11-7-8-15-14(9-11)23-19(25-15)10-5-6-10/h1-4,7-10,22H,5-6H2,(H,21,24). The second-order valence-electron chi connectivity index (χ2n) is 6.32. The number of rotatable bonds is 3. The first kappa shape index (κ1) is 14.5. The second-order valence-corrected chi connectivity index (χ2v) is 6.70. The second kappa shape index (κ2) is 5.36. The fourth-order valence-corrected chi connectivity index (χ4v) is 3.28. The van der Waals surface area contributed by atoms with Gasteiger partial charge in [0.25, 0.3) is 5.91 Å². The molecule has 2 N–H and O–H groups in total. The van der Waals surface area contributed by atoms with Gasteiger partial charge in [-0.3, -0.25) is 4.79 Å². The number of benzene rings is 2. The molecule has 1 saturated carbocycles. The number of para-hydroxylation sites is 1. The van der Waals surface area contributed by atoms with Crippen LogP contribution in [-0.2, 0) is 0 Å². The van der Waals surface area contributed by atoms with Gasteiger partial charge in [-0.15, -0.1) is 0 Å². The van der Waals surface area contributed by atoms with E-state index in [9.17, 15) is 4.79 Å². The molecule has 2 aromatic carbocycles. The minimum Gasteiger partial charge on any atom is -0.440 e. The topological polar surface area (TPSA) is 70.9 Å². The fraction of sp³-hybridized carbons (Fsp3) is 0.158. The lowest BCUT2D eigenvalue weighted by Crippen LogP contribution is -2.12. The minimum atomic E-state index is -0.286. The molecular weight excluding hydrogens is 338 g/mol. The van der Waals surface area contributed by atoms with Crippen LogP contribution in [0, 0.1) is 0 Å². The molecule has 124 valence electrons. The number of aromatic amines is 1. The molecule has 0 unspecified atom stereocenters. The summed E-state index contributed by atoms with van der Waals surface area (Å²) in [5.74, 6) is 0.958. The molecule has 0 spiro atoms. The first-order chi connectivity index (χ1) is 12.2. The zero-order chi connectivity index (χ0) is 17.0. The van der Waals surface area contributed by atoms with Crippen LogP contribution in [0.25, 0.3) is 22.0 Å². The van der Waals surface area contributed by atoms with E-state index in [0.29, 0.717) is 22.3 Å². The van der Waals surface area contributed by atoms with E-state index in [1.54, 1.807) is 6.07 Å². The van der Waals surface area contributed by atoms with Crippen molar-refractivity contribution in [2.24, 2.45) is 0 Å². The van der Waals surface area contributed by atoms with Crippen LogP contribution >= 0.6 is 11.6 Å². The van der Waals surface area contributed by atoms with Crippen molar-refractivity contribution in [3.05, 3.63) is 59.1 Å². The van der Waals surface area contributed by atoms with Crippen molar-refractivity contribution in [2.45, 2.75) is 18.8 Å². The van der Waals surface area contributed by atoms with Crippen LogP contribution in [0.1, 0.15) is 35.1 Å². The number of carbonyl (C=O) groups is 1. The number of hydrogen-bond donors (Lipinski definition) is 2. The van der Waals surface area contributed by atoms with E-state index in [1.807, 2.05) is 36.4 Å². The summed E-state index contributed by atoms with van der Waals surface area (Å²) in [4.78, 5) is 20.2. The number of fused-ring (bicyclic) bond motifs is 2. The van der Waals surface area contributed by atoms with Crippen LogP contribution in [0.15, 0.2) is 46.9 Å². The third kappa shape index (κ3) is 2.48. The van der Waals surface area contributed by atoms with Gasteiger partial charge in [0.2, 0.25) is 0 Å². The van der Waals surface area contributed by atoms with Crippen molar-refractivity contribution in [3.63, 3.8) is 0 Å². The highest BCUT2D eigenvalue weighted by molar-refractivity contribution is 6.39. The molecule has 1 aliphatic rings. The van der Waals surface area contributed by atoms with Gasteiger partial charge in [-0.2, -0.15) is 0 Å². The lowest BCUT2D eigenvalue weighted by Gasteiger charge is -2.03. The molecule has 5 rings (SSSR count). The van der Waals surface area contributed by atoms with E-state index in [4.69, 9.17) is 16.0 Å². The van der Waals surface area contributed by atoms with Gasteiger partial charge in [-0.05, 0) is 37.1 Å². The molecule has 2 aromatic heterocycles. The van der Waals surface area contributed by atoms with Gasteiger partial charge in [0.05, 0.1) is 5.02 Å². The molecule has 5 nitrogen and oxygen atoms in total. The maximum Gasteiger partial charge on any atom is 0.273 e. The highest BCUT2D eigenvalue weighted by atomic mass is 35.5. The molecule has 1 fully saturated rings. The van der Waals surface area contributed by atoms with E-state index in [0.717, 1.165) is 40.7 Å². The van der Waals surface area contributed by atoms with E-state index >= 15 is 0 Å². The van der Waals surface area contributed by atoms with E-state index in [2.05, 4.69) is 15.3 Å². The van der Waals surface area contributed by atoms with Crippen LogP contribution in [0.2, 0.25) is 5.02 Å². The van der Waals surface area contributed by atoms with E-state index in [1.165, 1.54) is 0 Å². The Hall–Kier alpha value is -2.79. The molecule has 1 amide bonds. The summed E-state index contributed by atoms with van der Waals surface area (Å²) in [7, 11) is 0. The smallest absolute Gasteiger partial charge is 0.273 e. The number of aromatic nitrogens is 2. The first-order valence-electron chi connectivity index (χ1n) is 8.17. The summed E-state index contributed by atoms with van der Waals surface area (Å²) in [6.45, 7) is 0. The summed E-state index contributed by atoms with van der Waals surface area (Å²) in [6, 6.07) is 13.0. The Balaban J connectivity index is 1.46. The Morgan fingerprint density at radius 1 is 1.24 bits per heavy atom. The van der Waals surface area contributed by atoms with Crippen LogP contribution in [0.4, 0.5) is 5.69 Å². The molecule has 2 heterocycles. The quantitative estimate of drug-likeness (QED) is 0.540. The zero-order valence-electron chi connectivity index (χ0n) is 13.2. The van der Waals surface area contributed by atoms with E-state index in [-0.39, 0.29) is 5.91 Å². The molecule has 0 saturated heterocycles. The molecule has 1 aliphatic carbocycles. The monoisotopic (exact) mass is 351 g/mol. The molecule has 4 aromatic rings. The van der Waals surface area contributed by atoms with Crippen LogP contribution < -0.4 is 5.32 Å². The van der Waals surface area contributed by atoms with Crippen molar-refractivity contribution in [1.82, 2.24) is 9.97 Å². The maximum atomic E-state index is 12.6. The number of nitrogens with one attached hydrogen (secondary N) is 2. The number of anilines is 1. The average Bonchev–Trinajstić information content (AvgIpc) is 3.30. The van der Waals surface area contributed by atoms with Gasteiger partial charge in [0.15, 0.2) is 11.5 Å². The Morgan fingerprint density at radius 2 is 2.08 bits per heavy atom. The third-order valence-electron chi connectivity index (χ3n) is 4.46. The zero-order valence-corrected chi connectivity index (χ0v) is 13.9. The fourth-order valence-electron chi connectivity index (χ4n) is 2.99. The van der Waals surface area contributed by atoms with Crippen LogP contribution in [0.3, 0.4) is 0 Å². The number of hydrogen-bond acceptors (Lipinski definition) is 3. The number of carbonyl (C=O) groups excluding carboxylic acids is 1. The lowest BCUT2D eigenvalue weighted by molar-refractivity contribution is 0.102. The molecular formula is C19H14ClN3O2. The number of oxazole rings is 1. The van der Waals surface area contributed by atoms with Crippen LogP contribution in [0.5, 0.6) is 0 Å². The summed E-state index contributed by atoms with van der Waals surface area (Å²) >= 11 is 6.34. The van der Waals surface area contributed by atoms with Gasteiger partial charge in [-0.25, -0.2) is 4.98 Å². The predicted octanol–water partition coefficient (Wildman–Crippen LogP) is 5.09. The van der Waals surface area contributed by atoms with Gasteiger partial charge in [0, 0.05) is 22.5 Å². The Labute approximate surface area is 148 Å². The van der Waals surface area contributed by atoms with Crippen molar-refractivity contribution in [3.8, 4) is 0 Å². The minimum absolute atomic E-state index is 0.286. The third-order valence-corrected chi connectivity index (χ3v) is 4.85. The highest BCUT2D eigenvalue weighted by Gasteiger charge is 2.29. The molecule has 6 heteroatoms. The maximum absolute atomic E-state index is 12.6. The first-order valence-corrected chi connectivity index (χ1v) is 8.55. The number of halogens is 1. The number of nitrogens with zero attached hydrogens (tertiary/aromatic N) is 1. The normalized spacial score (nSPS) is 14.3. The Morgan fingerprint density at radius 3 is 2.88 bits per heavy atom. The number of H-pyrrole nitrogens is 1. The largest absolute Gasteiger partial charge is 0.440 e. The summed E-state index contributed by atoms with van der Waals surface area (Å²) < 4.78 is 5.74. The highest BCUT2D eigenvalue weighted by Crippen LogP contribution is 2.40. The molecule has 0 bridgehead atoms. The molecule has 0 radical (unpaired) electrons.